The van der Waals surface area contributed by atoms with Crippen LogP contribution in [-0.2, 0) is 30.4 Å². The zero-order valence-electron chi connectivity index (χ0n) is 34.7. The molecule has 56 heavy (non-hydrogen) atoms. The summed E-state index contributed by atoms with van der Waals surface area (Å²) in [4.78, 5) is 81.2. The van der Waals surface area contributed by atoms with Crippen LogP contribution in [-0.4, -0.2) is 102 Å². The monoisotopic (exact) mass is 793 g/mol. The van der Waals surface area contributed by atoms with Gasteiger partial charge < -0.3 is 36.8 Å². The van der Waals surface area contributed by atoms with Gasteiger partial charge in [0.25, 0.3) is 0 Å². The Labute approximate surface area is 336 Å². The second kappa shape index (κ2) is 19.2. The molecule has 15 heteroatoms. The second-order valence-corrected chi connectivity index (χ2v) is 18.5. The Morgan fingerprint density at radius 2 is 1.68 bits per heavy atom. The third-order valence-electron chi connectivity index (χ3n) is 10.4. The van der Waals surface area contributed by atoms with Crippen LogP contribution in [0.25, 0.3) is 0 Å². The Morgan fingerprint density at radius 1 is 0.982 bits per heavy atom. The number of aliphatic imine (C=N–C) groups is 1. The number of thiazole rings is 1. The number of aromatic nitrogens is 1. The van der Waals surface area contributed by atoms with Crippen LogP contribution in [0, 0.1) is 22.7 Å². The van der Waals surface area contributed by atoms with Gasteiger partial charge in [0.15, 0.2) is 0 Å². The van der Waals surface area contributed by atoms with E-state index in [0.29, 0.717) is 25.9 Å². The highest BCUT2D eigenvalue weighted by atomic mass is 32.1. The maximum Gasteiger partial charge on any atom is 0.244 e. The van der Waals surface area contributed by atoms with Crippen molar-refractivity contribution in [2.75, 3.05) is 26.7 Å². The van der Waals surface area contributed by atoms with Crippen molar-refractivity contribution in [3.63, 3.8) is 0 Å². The summed E-state index contributed by atoms with van der Waals surface area (Å²) in [5.41, 5.74) is -0.522. The Hall–Kier alpha value is -4.37. The molecule has 2 aliphatic rings. The predicted molar refractivity (Wildman–Crippen MR) is 220 cm³/mol. The number of amidine groups is 1. The van der Waals surface area contributed by atoms with Crippen molar-refractivity contribution in [3.05, 3.63) is 52.5 Å². The Bertz CT molecular complexity index is 1690. The molecule has 1 aromatic carbocycles. The zero-order valence-corrected chi connectivity index (χ0v) is 35.5. The van der Waals surface area contributed by atoms with Crippen molar-refractivity contribution in [2.45, 2.75) is 118 Å². The third-order valence-corrected chi connectivity index (χ3v) is 11.3. The van der Waals surface area contributed by atoms with Gasteiger partial charge in [0.05, 0.1) is 12.1 Å². The molecule has 2 aromatic rings. The van der Waals surface area contributed by atoms with E-state index in [2.05, 4.69) is 36.9 Å². The van der Waals surface area contributed by atoms with Crippen LogP contribution < -0.4 is 31.9 Å². The van der Waals surface area contributed by atoms with Crippen LogP contribution in [0.15, 0.2) is 46.9 Å². The van der Waals surface area contributed by atoms with Crippen LogP contribution >= 0.6 is 11.3 Å². The molecule has 3 heterocycles. The first-order chi connectivity index (χ1) is 26.3. The number of nitrogens with zero attached hydrogens (tertiary/aromatic N) is 3. The molecule has 4 rings (SSSR count). The summed E-state index contributed by atoms with van der Waals surface area (Å²) < 4.78 is 0. The van der Waals surface area contributed by atoms with E-state index in [9.17, 15) is 24.0 Å². The van der Waals surface area contributed by atoms with Crippen molar-refractivity contribution >= 4 is 46.7 Å². The topological polar surface area (TPSA) is 186 Å². The summed E-state index contributed by atoms with van der Waals surface area (Å²) in [6.45, 7) is 17.9. The van der Waals surface area contributed by atoms with E-state index < -0.39 is 52.9 Å². The number of nitrogens with one attached hydrogen (secondary N) is 6. The minimum Gasteiger partial charge on any atom is -0.360 e. The van der Waals surface area contributed by atoms with Crippen molar-refractivity contribution in [3.8, 4) is 0 Å². The summed E-state index contributed by atoms with van der Waals surface area (Å²) in [7, 11) is 1.85. The van der Waals surface area contributed by atoms with Gasteiger partial charge in [-0.2, -0.15) is 0 Å². The summed E-state index contributed by atoms with van der Waals surface area (Å²) in [5.74, 6) is -1.97. The highest BCUT2D eigenvalue weighted by molar-refractivity contribution is 7.09. The highest BCUT2D eigenvalue weighted by Crippen LogP contribution is 2.28. The summed E-state index contributed by atoms with van der Waals surface area (Å²) in [6.07, 6.45) is 3.19. The van der Waals surface area contributed by atoms with Crippen LogP contribution in [0.1, 0.15) is 91.8 Å². The van der Waals surface area contributed by atoms with Crippen molar-refractivity contribution in [1.82, 2.24) is 41.8 Å². The number of rotatable bonds is 12. The Kier molecular flexibility index (Phi) is 15.2. The molecule has 2 aliphatic heterocycles. The Balaban J connectivity index is 1.72. The molecule has 1 saturated heterocycles. The number of hydrogen-bond donors (Lipinski definition) is 6. The zero-order chi connectivity index (χ0) is 41.4. The summed E-state index contributed by atoms with van der Waals surface area (Å²) in [5, 5.41) is 21.4. The largest absolute Gasteiger partial charge is 0.360 e. The first kappa shape index (κ1) is 44.3. The summed E-state index contributed by atoms with van der Waals surface area (Å²) in [6, 6.07) is 4.84. The van der Waals surface area contributed by atoms with Gasteiger partial charge in [-0.15, -0.1) is 11.3 Å². The van der Waals surface area contributed by atoms with Gasteiger partial charge in [-0.05, 0) is 54.7 Å². The molecule has 5 amide bonds. The van der Waals surface area contributed by atoms with Gasteiger partial charge in [-0.1, -0.05) is 92.6 Å². The molecule has 7 atom stereocenters. The lowest BCUT2D eigenvalue weighted by molar-refractivity contribution is -0.140. The van der Waals surface area contributed by atoms with E-state index in [1.807, 2.05) is 105 Å². The number of carbonyl (C=O) groups excluding carboxylic acids is 5. The maximum atomic E-state index is 14.6. The van der Waals surface area contributed by atoms with Crippen LogP contribution in [0.3, 0.4) is 0 Å². The fraction of sp³-hybridized carbons (Fsp3) is 0.634. The number of hydrogen-bond acceptors (Lipinski definition) is 10. The molecule has 0 spiro atoms. The minimum atomic E-state index is -0.962. The van der Waals surface area contributed by atoms with Gasteiger partial charge in [-0.25, -0.2) is 4.98 Å². The molecule has 0 radical (unpaired) electrons. The molecule has 0 unspecified atom stereocenters. The van der Waals surface area contributed by atoms with E-state index in [1.165, 1.54) is 11.3 Å². The van der Waals surface area contributed by atoms with Crippen LogP contribution in [0.2, 0.25) is 0 Å². The minimum absolute atomic E-state index is 0.100. The number of benzene rings is 1. The van der Waals surface area contributed by atoms with Gasteiger partial charge >= 0.3 is 0 Å². The smallest absolute Gasteiger partial charge is 0.244 e. The van der Waals surface area contributed by atoms with Gasteiger partial charge in [0, 0.05) is 24.5 Å². The van der Waals surface area contributed by atoms with E-state index in [0.717, 1.165) is 10.6 Å². The number of carbonyl (C=O) groups is 5. The quantitative estimate of drug-likeness (QED) is 0.190. The number of amides is 5. The third kappa shape index (κ3) is 11.6. The Morgan fingerprint density at radius 3 is 2.27 bits per heavy atom. The first-order valence-electron chi connectivity index (χ1n) is 19.7. The molecular weight excluding hydrogens is 731 g/mol. The van der Waals surface area contributed by atoms with Crippen molar-refractivity contribution in [2.24, 2.45) is 27.7 Å². The molecule has 308 valence electrons. The normalized spacial score (nSPS) is 22.7. The van der Waals surface area contributed by atoms with E-state index >= 15 is 0 Å². The lowest BCUT2D eigenvalue weighted by Gasteiger charge is -2.39. The highest BCUT2D eigenvalue weighted by Gasteiger charge is 2.44. The lowest BCUT2D eigenvalue weighted by Crippen LogP contribution is -2.64. The molecule has 14 nitrogen and oxygen atoms in total. The molecule has 0 aliphatic carbocycles. The predicted octanol–water partition coefficient (Wildman–Crippen LogP) is 2.96. The van der Waals surface area contributed by atoms with Gasteiger partial charge in [0.1, 0.15) is 41.6 Å². The average Bonchev–Trinajstić information content (AvgIpc) is 3.80. The standard InChI is InChI=1S/C41H63N9O5S/c1-24(2)30-36(53)49-32(40(4,5)6)34(44-23-29(51)50-20-17-25(3)31(50)37(54)47-30)48-33(41(7,8)9)38(55)46-28(22-26-14-12-11-13-15-26)35(52)45-27(16-18-42-10)39-43-19-21-56-39/h11-15,19,21,24-25,27-28,30-33,42H,16-18,20,22-23H2,1-10H3,(H,44,48)(H,45,52)(H,46,55)(H,47,54)(H,49,53)/t25-,27+,28+,30+,31+,32-,33-/m1/s1. The van der Waals surface area contributed by atoms with E-state index in [-0.39, 0.29) is 54.4 Å². The maximum absolute atomic E-state index is 14.6. The molecule has 6 N–H and O–H groups in total. The molecule has 0 bridgehead atoms. The van der Waals surface area contributed by atoms with E-state index in [4.69, 9.17) is 4.99 Å². The SMILES string of the molecule is CNCC[C@H](NC(=O)[C@H](Cc1ccccc1)NC(=O)[C@@H](NC1=NCC(=O)N2CC[C@@H](C)[C@H]2C(=O)N[C@@H](C(C)C)C(=O)N[C@H]1C(C)(C)C)C(C)(C)C)c1nccs1. The fourth-order valence-corrected chi connectivity index (χ4v) is 7.88. The lowest BCUT2D eigenvalue weighted by atomic mass is 9.82. The van der Waals surface area contributed by atoms with Gasteiger partial charge in [-0.3, -0.25) is 29.0 Å². The van der Waals surface area contributed by atoms with Crippen molar-refractivity contribution in [1.29, 1.82) is 0 Å². The molecule has 1 fully saturated rings. The summed E-state index contributed by atoms with van der Waals surface area (Å²) >= 11 is 1.46. The average molecular weight is 794 g/mol. The molecule has 1 aromatic heterocycles. The molecule has 0 saturated carbocycles. The van der Waals surface area contributed by atoms with Gasteiger partial charge in [0.2, 0.25) is 29.5 Å². The van der Waals surface area contributed by atoms with E-state index in [1.54, 1.807) is 11.1 Å². The fourth-order valence-electron chi connectivity index (χ4n) is 7.15. The molecular formula is C41H63N9O5S. The first-order valence-corrected chi connectivity index (χ1v) is 20.6. The van der Waals surface area contributed by atoms with Crippen LogP contribution in [0.5, 0.6) is 0 Å². The van der Waals surface area contributed by atoms with Crippen molar-refractivity contribution < 1.29 is 24.0 Å². The number of fused-ring (bicyclic) bond motifs is 1. The van der Waals surface area contributed by atoms with Crippen LogP contribution in [0.4, 0.5) is 0 Å². The second-order valence-electron chi connectivity index (χ2n) is 17.6.